The SMILES string of the molecule is CC1(C)OC2(CCN(C(=O)O)CC2I)c2cccnc21. The van der Waals surface area contributed by atoms with Crippen LogP contribution in [-0.2, 0) is 15.9 Å². The third-order valence-electron chi connectivity index (χ3n) is 4.18. The van der Waals surface area contributed by atoms with E-state index in [1.807, 2.05) is 19.9 Å². The Labute approximate surface area is 131 Å². The summed E-state index contributed by atoms with van der Waals surface area (Å²) >= 11 is 2.32. The molecule has 2 aliphatic rings. The molecule has 6 heteroatoms. The third kappa shape index (κ3) is 1.92. The van der Waals surface area contributed by atoms with Crippen molar-refractivity contribution in [3.8, 4) is 0 Å². The van der Waals surface area contributed by atoms with Crippen LogP contribution in [-0.4, -0.2) is 38.1 Å². The normalized spacial score (nSPS) is 31.4. The number of hydrogen-bond acceptors (Lipinski definition) is 3. The van der Waals surface area contributed by atoms with E-state index in [4.69, 9.17) is 9.84 Å². The van der Waals surface area contributed by atoms with Crippen molar-refractivity contribution in [2.75, 3.05) is 13.1 Å². The van der Waals surface area contributed by atoms with E-state index >= 15 is 0 Å². The van der Waals surface area contributed by atoms with Crippen LogP contribution in [0.1, 0.15) is 31.5 Å². The van der Waals surface area contributed by atoms with E-state index in [1.165, 1.54) is 4.90 Å². The maximum Gasteiger partial charge on any atom is 0.407 e. The second-order valence-electron chi connectivity index (χ2n) is 5.85. The molecule has 0 aliphatic carbocycles. The van der Waals surface area contributed by atoms with Crippen molar-refractivity contribution >= 4 is 28.7 Å². The van der Waals surface area contributed by atoms with Gasteiger partial charge in [0, 0.05) is 24.8 Å². The number of ether oxygens (including phenoxy) is 1. The number of nitrogens with zero attached hydrogens (tertiary/aromatic N) is 2. The predicted octanol–water partition coefficient (Wildman–Crippen LogP) is 2.73. The van der Waals surface area contributed by atoms with Crippen LogP contribution >= 0.6 is 22.6 Å². The van der Waals surface area contributed by atoms with E-state index in [2.05, 4.69) is 33.6 Å². The Morgan fingerprint density at radius 3 is 3.00 bits per heavy atom. The quantitative estimate of drug-likeness (QED) is 0.549. The standard InChI is InChI=1S/C14H17IN2O3/c1-13(2)11-9(4-3-6-16-11)14(20-13)5-7-17(12(18)19)8-10(14)15/h3-4,6,10H,5,7-8H2,1-2H3,(H,18,19). The van der Waals surface area contributed by atoms with Gasteiger partial charge in [0.2, 0.25) is 0 Å². The molecule has 3 rings (SSSR count). The minimum absolute atomic E-state index is 0.0784. The topological polar surface area (TPSA) is 62.7 Å². The minimum atomic E-state index is -0.856. The fourth-order valence-electron chi connectivity index (χ4n) is 3.27. The van der Waals surface area contributed by atoms with Gasteiger partial charge in [-0.1, -0.05) is 28.7 Å². The van der Waals surface area contributed by atoms with Gasteiger partial charge in [-0.05, 0) is 26.3 Å². The zero-order valence-electron chi connectivity index (χ0n) is 11.5. The van der Waals surface area contributed by atoms with Crippen molar-refractivity contribution in [2.45, 2.75) is 35.4 Å². The lowest BCUT2D eigenvalue weighted by Gasteiger charge is -2.43. The number of hydrogen-bond donors (Lipinski definition) is 1. The molecule has 2 atom stereocenters. The largest absolute Gasteiger partial charge is 0.465 e. The maximum atomic E-state index is 11.1. The second kappa shape index (κ2) is 4.56. The number of carboxylic acid groups (broad SMARTS) is 1. The minimum Gasteiger partial charge on any atom is -0.465 e. The summed E-state index contributed by atoms with van der Waals surface area (Å²) in [5.74, 6) is 0. The lowest BCUT2D eigenvalue weighted by Crippen LogP contribution is -2.52. The monoisotopic (exact) mass is 388 g/mol. The van der Waals surface area contributed by atoms with E-state index in [0.717, 1.165) is 11.3 Å². The zero-order chi connectivity index (χ0) is 14.5. The molecule has 0 bridgehead atoms. The molecule has 0 radical (unpaired) electrons. The van der Waals surface area contributed by atoms with Crippen molar-refractivity contribution in [3.63, 3.8) is 0 Å². The molecular formula is C14H17IN2O3. The van der Waals surface area contributed by atoms with Crippen molar-refractivity contribution in [1.29, 1.82) is 0 Å². The molecule has 1 amide bonds. The van der Waals surface area contributed by atoms with Crippen LogP contribution in [0, 0.1) is 0 Å². The molecule has 0 saturated carbocycles. The molecule has 0 aromatic carbocycles. The number of piperidine rings is 1. The van der Waals surface area contributed by atoms with E-state index in [9.17, 15) is 4.79 Å². The fourth-order valence-corrected chi connectivity index (χ4v) is 4.52. The third-order valence-corrected chi connectivity index (χ3v) is 5.58. The number of pyridine rings is 1. The summed E-state index contributed by atoms with van der Waals surface area (Å²) in [6.07, 6.45) is 1.61. The second-order valence-corrected chi connectivity index (χ2v) is 7.35. The van der Waals surface area contributed by atoms with E-state index in [-0.39, 0.29) is 3.92 Å². The Bertz CT molecular complexity index is 563. The summed E-state index contributed by atoms with van der Waals surface area (Å²) in [6.45, 7) is 5.04. The number of fused-ring (bicyclic) bond motifs is 2. The lowest BCUT2D eigenvalue weighted by atomic mass is 9.84. The van der Waals surface area contributed by atoms with Gasteiger partial charge in [0.25, 0.3) is 0 Å². The van der Waals surface area contributed by atoms with E-state index < -0.39 is 17.3 Å². The van der Waals surface area contributed by atoms with Gasteiger partial charge in [-0.2, -0.15) is 0 Å². The molecule has 2 unspecified atom stereocenters. The van der Waals surface area contributed by atoms with E-state index in [0.29, 0.717) is 19.5 Å². The number of likely N-dealkylation sites (tertiary alicyclic amines) is 1. The average Bonchev–Trinajstić information content (AvgIpc) is 2.63. The first-order chi connectivity index (χ1) is 9.37. The van der Waals surface area contributed by atoms with Crippen LogP contribution in [0.5, 0.6) is 0 Å². The summed E-state index contributed by atoms with van der Waals surface area (Å²) < 4.78 is 6.48. The Balaban J connectivity index is 2.01. The first-order valence-electron chi connectivity index (χ1n) is 6.65. The Morgan fingerprint density at radius 2 is 2.35 bits per heavy atom. The smallest absolute Gasteiger partial charge is 0.407 e. The summed E-state index contributed by atoms with van der Waals surface area (Å²) in [5.41, 5.74) is 1.25. The van der Waals surface area contributed by atoms with Gasteiger partial charge in [0.15, 0.2) is 0 Å². The van der Waals surface area contributed by atoms with Gasteiger partial charge in [0.05, 0.1) is 9.62 Å². The molecule has 1 fully saturated rings. The lowest BCUT2D eigenvalue weighted by molar-refractivity contribution is -0.141. The number of rotatable bonds is 0. The van der Waals surface area contributed by atoms with Crippen molar-refractivity contribution in [2.24, 2.45) is 0 Å². The van der Waals surface area contributed by atoms with Crippen LogP contribution < -0.4 is 0 Å². The highest BCUT2D eigenvalue weighted by Crippen LogP contribution is 2.52. The Hall–Kier alpha value is -0.890. The highest BCUT2D eigenvalue weighted by molar-refractivity contribution is 14.1. The van der Waals surface area contributed by atoms with Gasteiger partial charge in [-0.3, -0.25) is 4.98 Å². The van der Waals surface area contributed by atoms with Crippen LogP contribution in [0.15, 0.2) is 18.3 Å². The van der Waals surface area contributed by atoms with Crippen molar-refractivity contribution in [3.05, 3.63) is 29.6 Å². The molecule has 1 aromatic heterocycles. The van der Waals surface area contributed by atoms with Crippen molar-refractivity contribution in [1.82, 2.24) is 9.88 Å². The van der Waals surface area contributed by atoms with Gasteiger partial charge in [0.1, 0.15) is 11.2 Å². The fraction of sp³-hybridized carbons (Fsp3) is 0.571. The molecule has 1 aromatic rings. The van der Waals surface area contributed by atoms with Crippen molar-refractivity contribution < 1.29 is 14.6 Å². The van der Waals surface area contributed by atoms with Gasteiger partial charge in [-0.15, -0.1) is 0 Å². The summed E-state index contributed by atoms with van der Waals surface area (Å²) in [5, 5.41) is 9.15. The predicted molar refractivity (Wildman–Crippen MR) is 82.0 cm³/mol. The Morgan fingerprint density at radius 1 is 1.60 bits per heavy atom. The molecule has 1 spiro atoms. The summed E-state index contributed by atoms with van der Waals surface area (Å²) in [4.78, 5) is 17.1. The molecule has 1 saturated heterocycles. The highest BCUT2D eigenvalue weighted by atomic mass is 127. The molecule has 5 nitrogen and oxygen atoms in total. The van der Waals surface area contributed by atoms with Crippen LogP contribution in [0.3, 0.4) is 0 Å². The molecule has 3 heterocycles. The molecule has 1 N–H and O–H groups in total. The average molecular weight is 388 g/mol. The highest BCUT2D eigenvalue weighted by Gasteiger charge is 2.55. The van der Waals surface area contributed by atoms with Gasteiger partial charge in [-0.25, -0.2) is 4.79 Å². The first kappa shape index (κ1) is 14.1. The summed E-state index contributed by atoms with van der Waals surface area (Å²) in [7, 11) is 0. The molecule has 108 valence electrons. The first-order valence-corrected chi connectivity index (χ1v) is 7.89. The number of carbonyl (C=O) groups is 1. The van der Waals surface area contributed by atoms with Crippen LogP contribution in [0.2, 0.25) is 0 Å². The molecular weight excluding hydrogens is 371 g/mol. The number of halogens is 1. The Kier molecular flexibility index (Phi) is 3.20. The van der Waals surface area contributed by atoms with Gasteiger partial charge >= 0.3 is 6.09 Å². The van der Waals surface area contributed by atoms with Crippen LogP contribution in [0.4, 0.5) is 4.79 Å². The van der Waals surface area contributed by atoms with E-state index in [1.54, 1.807) is 6.20 Å². The number of amides is 1. The zero-order valence-corrected chi connectivity index (χ0v) is 13.6. The number of aromatic nitrogens is 1. The van der Waals surface area contributed by atoms with Gasteiger partial charge < -0.3 is 14.7 Å². The molecule has 2 aliphatic heterocycles. The summed E-state index contributed by atoms with van der Waals surface area (Å²) in [6, 6.07) is 4.00. The maximum absolute atomic E-state index is 11.1. The van der Waals surface area contributed by atoms with Crippen LogP contribution in [0.25, 0.3) is 0 Å². The molecule has 20 heavy (non-hydrogen) atoms. The number of alkyl halides is 1.